The van der Waals surface area contributed by atoms with Gasteiger partial charge >= 0.3 is 5.63 Å². The van der Waals surface area contributed by atoms with Gasteiger partial charge in [0.15, 0.2) is 0 Å². The van der Waals surface area contributed by atoms with Crippen molar-refractivity contribution in [2.24, 2.45) is 0 Å². The lowest BCUT2D eigenvalue weighted by atomic mass is 10.0. The molecule has 2 rings (SSSR count). The summed E-state index contributed by atoms with van der Waals surface area (Å²) in [6, 6.07) is 5.02. The predicted octanol–water partition coefficient (Wildman–Crippen LogP) is 6.37. The molecule has 0 fully saturated rings. The van der Waals surface area contributed by atoms with Crippen LogP contribution in [0.25, 0.3) is 11.3 Å². The molecule has 1 N–H and O–H groups in total. The van der Waals surface area contributed by atoms with Crippen molar-refractivity contribution in [2.45, 2.75) is 59.8 Å². The van der Waals surface area contributed by atoms with Gasteiger partial charge in [0.1, 0.15) is 11.5 Å². The molecule has 0 aliphatic carbocycles. The number of hydrogen-bond acceptors (Lipinski definition) is 4. The molecular formula is C25H31NO3. The van der Waals surface area contributed by atoms with Crippen LogP contribution in [0.2, 0.25) is 0 Å². The van der Waals surface area contributed by atoms with E-state index in [-0.39, 0.29) is 11.3 Å². The predicted molar refractivity (Wildman–Crippen MR) is 119 cm³/mol. The van der Waals surface area contributed by atoms with Crippen LogP contribution in [0.1, 0.15) is 58.9 Å². The highest BCUT2D eigenvalue weighted by Gasteiger charge is 2.11. The Morgan fingerprint density at radius 2 is 1.76 bits per heavy atom. The lowest BCUT2D eigenvalue weighted by Gasteiger charge is -2.05. The summed E-state index contributed by atoms with van der Waals surface area (Å²) in [5.74, 6) is 0.276. The molecule has 0 atom stereocenters. The molecule has 2 aromatic rings. The zero-order chi connectivity index (χ0) is 21.2. The van der Waals surface area contributed by atoms with Gasteiger partial charge in [-0.3, -0.25) is 4.98 Å². The molecule has 0 bridgehead atoms. The maximum Gasteiger partial charge on any atom is 0.343 e. The van der Waals surface area contributed by atoms with E-state index in [4.69, 9.17) is 4.42 Å². The molecule has 4 nitrogen and oxygen atoms in total. The largest absolute Gasteiger partial charge is 0.507 e. The number of allylic oxidation sites excluding steroid dienone is 6. The van der Waals surface area contributed by atoms with Crippen LogP contribution in [-0.4, -0.2) is 10.1 Å². The number of pyridine rings is 1. The number of aromatic nitrogens is 1. The van der Waals surface area contributed by atoms with Crippen molar-refractivity contribution >= 4 is 0 Å². The molecule has 0 amide bonds. The Morgan fingerprint density at radius 3 is 2.38 bits per heavy atom. The monoisotopic (exact) mass is 393 g/mol. The van der Waals surface area contributed by atoms with E-state index < -0.39 is 5.63 Å². The second kappa shape index (κ2) is 11.2. The van der Waals surface area contributed by atoms with E-state index in [1.807, 2.05) is 6.08 Å². The highest BCUT2D eigenvalue weighted by Crippen LogP contribution is 2.24. The first-order valence-electron chi connectivity index (χ1n) is 10.1. The van der Waals surface area contributed by atoms with E-state index in [1.54, 1.807) is 24.5 Å². The van der Waals surface area contributed by atoms with E-state index in [2.05, 4.69) is 44.8 Å². The molecule has 0 saturated heterocycles. The van der Waals surface area contributed by atoms with Crippen LogP contribution in [0, 0.1) is 0 Å². The van der Waals surface area contributed by atoms with Gasteiger partial charge in [0, 0.05) is 30.4 Å². The lowest BCUT2D eigenvalue weighted by molar-refractivity contribution is 0.443. The summed E-state index contributed by atoms with van der Waals surface area (Å²) in [5, 5.41) is 10.3. The minimum absolute atomic E-state index is 0.0424. The summed E-state index contributed by atoms with van der Waals surface area (Å²) in [7, 11) is 0. The Hall–Kier alpha value is -2.88. The van der Waals surface area contributed by atoms with E-state index >= 15 is 0 Å². The third-order valence-corrected chi connectivity index (χ3v) is 4.75. The minimum Gasteiger partial charge on any atom is -0.507 e. The highest BCUT2D eigenvalue weighted by molar-refractivity contribution is 5.57. The van der Waals surface area contributed by atoms with Crippen molar-refractivity contribution in [1.29, 1.82) is 0 Å². The van der Waals surface area contributed by atoms with E-state index in [1.165, 1.54) is 22.8 Å². The van der Waals surface area contributed by atoms with Crippen molar-refractivity contribution in [3.63, 3.8) is 0 Å². The molecule has 0 aromatic carbocycles. The Kier molecular flexibility index (Phi) is 8.66. The normalized spacial score (nSPS) is 12.1. The van der Waals surface area contributed by atoms with Gasteiger partial charge in [-0.1, -0.05) is 34.9 Å². The highest BCUT2D eigenvalue weighted by atomic mass is 16.4. The first-order chi connectivity index (χ1) is 13.9. The third-order valence-electron chi connectivity index (χ3n) is 4.75. The van der Waals surface area contributed by atoms with Crippen LogP contribution in [0.5, 0.6) is 5.75 Å². The zero-order valence-corrected chi connectivity index (χ0v) is 17.9. The molecule has 0 radical (unpaired) electrons. The molecule has 29 heavy (non-hydrogen) atoms. The number of rotatable bonds is 9. The molecule has 0 aliphatic rings. The molecule has 0 unspecified atom stereocenters. The molecule has 0 aliphatic heterocycles. The van der Waals surface area contributed by atoms with Gasteiger partial charge in [-0.2, -0.15) is 0 Å². The van der Waals surface area contributed by atoms with E-state index in [0.717, 1.165) is 25.7 Å². The molecule has 0 saturated carbocycles. The number of nitrogens with zero attached hydrogens (tertiary/aromatic N) is 1. The Morgan fingerprint density at radius 1 is 1.07 bits per heavy atom. The molecule has 0 spiro atoms. The molecule has 4 heteroatoms. The second-order valence-corrected chi connectivity index (χ2v) is 7.67. The SMILES string of the molecule is CC(C)=CCCC(C)=CCCC(C)=CCc1c(O)cc(-c2cccnc2)oc1=O. The average molecular weight is 394 g/mol. The van der Waals surface area contributed by atoms with Crippen LogP contribution < -0.4 is 5.63 Å². The Balaban J connectivity index is 1.95. The fourth-order valence-corrected chi connectivity index (χ4v) is 2.96. The van der Waals surface area contributed by atoms with Crippen LogP contribution in [0.3, 0.4) is 0 Å². The van der Waals surface area contributed by atoms with Gasteiger partial charge in [-0.25, -0.2) is 4.79 Å². The fraction of sp³-hybridized carbons (Fsp3) is 0.360. The van der Waals surface area contributed by atoms with Gasteiger partial charge in [0.05, 0.1) is 5.56 Å². The minimum atomic E-state index is -0.511. The van der Waals surface area contributed by atoms with Crippen LogP contribution >= 0.6 is 0 Å². The maximum atomic E-state index is 12.3. The fourth-order valence-electron chi connectivity index (χ4n) is 2.96. The standard InChI is InChI=1S/C25H31NO3/c1-18(2)8-5-9-19(3)10-6-11-20(4)13-14-22-23(27)16-24(29-25(22)28)21-12-7-15-26-17-21/h7-8,10,12-13,15-17,27H,5-6,9,11,14H2,1-4H3. The number of aromatic hydroxyl groups is 1. The van der Waals surface area contributed by atoms with Gasteiger partial charge < -0.3 is 9.52 Å². The zero-order valence-electron chi connectivity index (χ0n) is 17.9. The second-order valence-electron chi connectivity index (χ2n) is 7.67. The smallest absolute Gasteiger partial charge is 0.343 e. The summed E-state index contributed by atoms with van der Waals surface area (Å²) in [6.45, 7) is 8.47. The summed E-state index contributed by atoms with van der Waals surface area (Å²) in [6.07, 6.45) is 14.2. The first kappa shape index (κ1) is 22.4. The Bertz CT molecular complexity index is 946. The number of hydrogen-bond donors (Lipinski definition) is 1. The van der Waals surface area contributed by atoms with Crippen molar-refractivity contribution in [2.75, 3.05) is 0 Å². The van der Waals surface area contributed by atoms with E-state index in [9.17, 15) is 9.90 Å². The average Bonchev–Trinajstić information content (AvgIpc) is 2.67. The van der Waals surface area contributed by atoms with Crippen LogP contribution in [0.4, 0.5) is 0 Å². The lowest BCUT2D eigenvalue weighted by Crippen LogP contribution is -2.07. The first-order valence-corrected chi connectivity index (χ1v) is 10.1. The Labute approximate surface area is 173 Å². The molecule has 2 heterocycles. The van der Waals surface area contributed by atoms with Crippen molar-refractivity contribution in [3.05, 3.63) is 81.5 Å². The van der Waals surface area contributed by atoms with Crippen LogP contribution in [0.15, 0.2) is 74.8 Å². The molecule has 154 valence electrons. The quantitative estimate of drug-likeness (QED) is 0.503. The third kappa shape index (κ3) is 7.57. The van der Waals surface area contributed by atoms with Crippen molar-refractivity contribution in [3.8, 4) is 17.1 Å². The van der Waals surface area contributed by atoms with Crippen molar-refractivity contribution in [1.82, 2.24) is 4.98 Å². The summed E-state index contributed by atoms with van der Waals surface area (Å²) in [4.78, 5) is 16.3. The maximum absolute atomic E-state index is 12.3. The molecule has 2 aromatic heterocycles. The van der Waals surface area contributed by atoms with Gasteiger partial charge in [0.2, 0.25) is 0 Å². The summed E-state index contributed by atoms with van der Waals surface area (Å²) in [5.41, 5.74) is 4.38. The van der Waals surface area contributed by atoms with Crippen LogP contribution in [-0.2, 0) is 6.42 Å². The van der Waals surface area contributed by atoms with Crippen molar-refractivity contribution < 1.29 is 9.52 Å². The van der Waals surface area contributed by atoms with Gasteiger partial charge in [-0.15, -0.1) is 0 Å². The van der Waals surface area contributed by atoms with Gasteiger partial charge in [0.25, 0.3) is 0 Å². The molecular weight excluding hydrogens is 362 g/mol. The summed E-state index contributed by atoms with van der Waals surface area (Å²) < 4.78 is 5.38. The van der Waals surface area contributed by atoms with Gasteiger partial charge in [-0.05, 0) is 65.5 Å². The van der Waals surface area contributed by atoms with E-state index in [0.29, 0.717) is 17.7 Å². The topological polar surface area (TPSA) is 63.3 Å². The summed E-state index contributed by atoms with van der Waals surface area (Å²) >= 11 is 0.